The number of hydrogen-bond donors (Lipinski definition) is 1. The summed E-state index contributed by atoms with van der Waals surface area (Å²) in [6.45, 7) is 1.42. The Morgan fingerprint density at radius 3 is 3.00 bits per heavy atom. The molecule has 0 spiro atoms. The summed E-state index contributed by atoms with van der Waals surface area (Å²) >= 11 is 0. The summed E-state index contributed by atoms with van der Waals surface area (Å²) in [5.74, 6) is 0.170. The van der Waals surface area contributed by atoms with Gasteiger partial charge in [0.05, 0.1) is 23.6 Å². The fourth-order valence-corrected chi connectivity index (χ4v) is 2.13. The normalized spacial score (nSPS) is 10.8. The number of rotatable bonds is 5. The van der Waals surface area contributed by atoms with E-state index in [1.807, 2.05) is 30.6 Å². The van der Waals surface area contributed by atoms with Crippen LogP contribution in [0.25, 0.3) is 11.0 Å². The zero-order valence-electron chi connectivity index (χ0n) is 11.0. The van der Waals surface area contributed by atoms with Gasteiger partial charge >= 0.3 is 0 Å². The first-order valence-electron chi connectivity index (χ1n) is 6.56. The quantitative estimate of drug-likeness (QED) is 0.724. The molecular weight excluding hydrogens is 254 g/mol. The smallest absolute Gasteiger partial charge is 0.286 e. The Balaban J connectivity index is 1.52. The van der Waals surface area contributed by atoms with E-state index < -0.39 is 0 Å². The van der Waals surface area contributed by atoms with Crippen molar-refractivity contribution in [3.63, 3.8) is 0 Å². The molecule has 0 radical (unpaired) electrons. The summed E-state index contributed by atoms with van der Waals surface area (Å²) in [5, 5.41) is 2.83. The zero-order chi connectivity index (χ0) is 13.8. The Hall–Kier alpha value is -2.56. The number of benzene rings is 1. The molecule has 0 fully saturated rings. The summed E-state index contributed by atoms with van der Waals surface area (Å²) in [4.78, 5) is 16.0. The SMILES string of the molecule is O=C(NCCCn1cnc2ccccc21)c1ccco1. The van der Waals surface area contributed by atoms with Crippen LogP contribution in [-0.4, -0.2) is 22.0 Å². The first-order valence-corrected chi connectivity index (χ1v) is 6.56. The molecule has 3 aromatic rings. The highest BCUT2D eigenvalue weighted by Crippen LogP contribution is 2.11. The molecule has 20 heavy (non-hydrogen) atoms. The second-order valence-corrected chi connectivity index (χ2v) is 4.51. The van der Waals surface area contributed by atoms with E-state index in [0.29, 0.717) is 12.3 Å². The second kappa shape index (κ2) is 5.61. The van der Waals surface area contributed by atoms with E-state index in [1.165, 1.54) is 6.26 Å². The van der Waals surface area contributed by atoms with E-state index >= 15 is 0 Å². The number of amides is 1. The Bertz CT molecular complexity index is 701. The molecule has 0 unspecified atom stereocenters. The van der Waals surface area contributed by atoms with Crippen molar-refractivity contribution in [2.24, 2.45) is 0 Å². The van der Waals surface area contributed by atoms with Crippen molar-refractivity contribution < 1.29 is 9.21 Å². The van der Waals surface area contributed by atoms with Crippen LogP contribution < -0.4 is 5.32 Å². The van der Waals surface area contributed by atoms with E-state index in [-0.39, 0.29) is 5.91 Å². The molecule has 5 nitrogen and oxygen atoms in total. The number of carbonyl (C=O) groups is 1. The zero-order valence-corrected chi connectivity index (χ0v) is 11.0. The molecule has 0 saturated heterocycles. The monoisotopic (exact) mass is 269 g/mol. The Labute approximate surface area is 116 Å². The average molecular weight is 269 g/mol. The molecule has 0 aliphatic rings. The van der Waals surface area contributed by atoms with Crippen molar-refractivity contribution in [2.45, 2.75) is 13.0 Å². The standard InChI is InChI=1S/C15H15N3O2/c19-15(14-7-3-10-20-14)16-8-4-9-18-11-17-12-5-1-2-6-13(12)18/h1-3,5-7,10-11H,4,8-9H2,(H,16,19). The van der Waals surface area contributed by atoms with Gasteiger partial charge in [0.25, 0.3) is 5.91 Å². The van der Waals surface area contributed by atoms with Crippen molar-refractivity contribution in [3.8, 4) is 0 Å². The number of hydrogen-bond acceptors (Lipinski definition) is 3. The minimum atomic E-state index is -0.175. The van der Waals surface area contributed by atoms with Gasteiger partial charge < -0.3 is 14.3 Å². The molecule has 0 aliphatic heterocycles. The van der Waals surface area contributed by atoms with E-state index in [1.54, 1.807) is 12.1 Å². The fourth-order valence-electron chi connectivity index (χ4n) is 2.13. The molecule has 1 N–H and O–H groups in total. The summed E-state index contributed by atoms with van der Waals surface area (Å²) in [5.41, 5.74) is 2.11. The van der Waals surface area contributed by atoms with Gasteiger partial charge in [-0.15, -0.1) is 0 Å². The first-order chi connectivity index (χ1) is 9.84. The lowest BCUT2D eigenvalue weighted by atomic mass is 10.3. The Morgan fingerprint density at radius 1 is 1.25 bits per heavy atom. The maximum atomic E-state index is 11.7. The maximum absolute atomic E-state index is 11.7. The number of para-hydroxylation sites is 2. The highest BCUT2D eigenvalue weighted by Gasteiger charge is 2.07. The summed E-state index contributed by atoms with van der Waals surface area (Å²) in [6, 6.07) is 11.4. The van der Waals surface area contributed by atoms with Gasteiger partial charge in [-0.1, -0.05) is 12.1 Å². The molecule has 2 aromatic heterocycles. The molecule has 1 amide bonds. The van der Waals surface area contributed by atoms with E-state index in [2.05, 4.69) is 14.9 Å². The van der Waals surface area contributed by atoms with Gasteiger partial charge in [-0.25, -0.2) is 4.98 Å². The lowest BCUT2D eigenvalue weighted by Gasteiger charge is -2.05. The molecule has 1 aromatic carbocycles. The Kier molecular flexibility index (Phi) is 3.50. The average Bonchev–Trinajstić information content (AvgIpc) is 3.13. The van der Waals surface area contributed by atoms with Gasteiger partial charge in [-0.3, -0.25) is 4.79 Å². The predicted molar refractivity (Wildman–Crippen MR) is 75.4 cm³/mol. The first kappa shape index (κ1) is 12.5. The number of carbonyl (C=O) groups excluding carboxylic acids is 1. The van der Waals surface area contributed by atoms with Gasteiger partial charge in [-0.05, 0) is 30.7 Å². The summed E-state index contributed by atoms with van der Waals surface area (Å²) in [6.07, 6.45) is 4.17. The predicted octanol–water partition coefficient (Wildman–Crippen LogP) is 2.45. The van der Waals surface area contributed by atoms with Crippen molar-refractivity contribution in [2.75, 3.05) is 6.54 Å². The Morgan fingerprint density at radius 2 is 2.15 bits per heavy atom. The largest absolute Gasteiger partial charge is 0.459 e. The van der Waals surface area contributed by atoms with Crippen LogP contribution in [0.2, 0.25) is 0 Å². The lowest BCUT2D eigenvalue weighted by Crippen LogP contribution is -2.24. The van der Waals surface area contributed by atoms with Crippen LogP contribution in [-0.2, 0) is 6.54 Å². The molecule has 2 heterocycles. The highest BCUT2D eigenvalue weighted by atomic mass is 16.3. The van der Waals surface area contributed by atoms with E-state index in [9.17, 15) is 4.79 Å². The number of fused-ring (bicyclic) bond motifs is 1. The number of imidazole rings is 1. The third-order valence-electron chi connectivity index (χ3n) is 3.13. The van der Waals surface area contributed by atoms with E-state index in [0.717, 1.165) is 24.0 Å². The number of aromatic nitrogens is 2. The van der Waals surface area contributed by atoms with Gasteiger partial charge in [0, 0.05) is 13.1 Å². The van der Waals surface area contributed by atoms with E-state index in [4.69, 9.17) is 4.42 Å². The third kappa shape index (κ3) is 2.56. The van der Waals surface area contributed by atoms with Crippen LogP contribution in [0.3, 0.4) is 0 Å². The molecule has 5 heteroatoms. The van der Waals surface area contributed by atoms with Gasteiger partial charge in [-0.2, -0.15) is 0 Å². The number of furan rings is 1. The number of nitrogens with one attached hydrogen (secondary N) is 1. The van der Waals surface area contributed by atoms with Crippen molar-refractivity contribution in [1.29, 1.82) is 0 Å². The third-order valence-corrected chi connectivity index (χ3v) is 3.13. The van der Waals surface area contributed by atoms with Crippen LogP contribution in [0, 0.1) is 0 Å². The van der Waals surface area contributed by atoms with Crippen molar-refractivity contribution >= 4 is 16.9 Å². The molecule has 0 aliphatic carbocycles. The van der Waals surface area contributed by atoms with Gasteiger partial charge in [0.15, 0.2) is 5.76 Å². The maximum Gasteiger partial charge on any atom is 0.286 e. The van der Waals surface area contributed by atoms with Crippen LogP contribution in [0.15, 0.2) is 53.4 Å². The highest BCUT2D eigenvalue weighted by molar-refractivity contribution is 5.91. The van der Waals surface area contributed by atoms with Crippen molar-refractivity contribution in [1.82, 2.24) is 14.9 Å². The topological polar surface area (TPSA) is 60.1 Å². The number of aryl methyl sites for hydroxylation is 1. The molecule has 102 valence electrons. The van der Waals surface area contributed by atoms with Crippen molar-refractivity contribution in [3.05, 3.63) is 54.7 Å². The minimum Gasteiger partial charge on any atom is -0.459 e. The number of nitrogens with zero attached hydrogens (tertiary/aromatic N) is 2. The lowest BCUT2D eigenvalue weighted by molar-refractivity contribution is 0.0925. The molecular formula is C15H15N3O2. The molecule has 0 bridgehead atoms. The summed E-state index contributed by atoms with van der Waals surface area (Å²) < 4.78 is 7.12. The van der Waals surface area contributed by atoms with Crippen LogP contribution in [0.1, 0.15) is 17.0 Å². The molecule has 0 saturated carbocycles. The molecule has 3 rings (SSSR count). The van der Waals surface area contributed by atoms with Crippen LogP contribution in [0.5, 0.6) is 0 Å². The van der Waals surface area contributed by atoms with Crippen LogP contribution in [0.4, 0.5) is 0 Å². The van der Waals surface area contributed by atoms with Crippen LogP contribution >= 0.6 is 0 Å². The van der Waals surface area contributed by atoms with Gasteiger partial charge in [0.1, 0.15) is 0 Å². The molecule has 0 atom stereocenters. The second-order valence-electron chi connectivity index (χ2n) is 4.51. The van der Waals surface area contributed by atoms with Gasteiger partial charge in [0.2, 0.25) is 0 Å². The fraction of sp³-hybridized carbons (Fsp3) is 0.200. The minimum absolute atomic E-state index is 0.175. The summed E-state index contributed by atoms with van der Waals surface area (Å²) in [7, 11) is 0.